The van der Waals surface area contributed by atoms with Crippen LogP contribution in [0.25, 0.3) is 10.9 Å². The van der Waals surface area contributed by atoms with Gasteiger partial charge >= 0.3 is 0 Å². The number of nitrogens with zero attached hydrogens (tertiary/aromatic N) is 4. The fourth-order valence-electron chi connectivity index (χ4n) is 3.13. The van der Waals surface area contributed by atoms with Gasteiger partial charge < -0.3 is 9.88 Å². The number of hydrogen-bond acceptors (Lipinski definition) is 5. The molecular weight excluding hydrogens is 382 g/mol. The second-order valence-electron chi connectivity index (χ2n) is 6.83. The molecule has 0 unspecified atom stereocenters. The predicted molar refractivity (Wildman–Crippen MR) is 112 cm³/mol. The van der Waals surface area contributed by atoms with Crippen molar-refractivity contribution in [2.24, 2.45) is 7.05 Å². The largest absolute Gasteiger partial charge is 0.331 e. The standard InChI is InChI=1S/C22H19N5O3/c1-26-13-11-23-21(26)20(29)15-6-8-16(9-7-15)25-19(28)10-12-27-14-24-18-5-3-2-4-17(18)22(27)30/h2-9,11,13-14H,10,12H2,1H3,(H,25,28). The third-order valence-corrected chi connectivity index (χ3v) is 4.77. The van der Waals surface area contributed by atoms with Gasteiger partial charge in [-0.1, -0.05) is 12.1 Å². The van der Waals surface area contributed by atoms with Crippen molar-refractivity contribution < 1.29 is 9.59 Å². The van der Waals surface area contributed by atoms with E-state index < -0.39 is 0 Å². The van der Waals surface area contributed by atoms with Gasteiger partial charge in [0, 0.05) is 43.7 Å². The molecule has 0 aliphatic heterocycles. The molecule has 1 N–H and O–H groups in total. The fraction of sp³-hybridized carbons (Fsp3) is 0.136. The topological polar surface area (TPSA) is 98.9 Å². The molecule has 0 aliphatic rings. The average molecular weight is 401 g/mol. The first kappa shape index (κ1) is 19.3. The van der Waals surface area contributed by atoms with Crippen LogP contribution >= 0.6 is 0 Å². The number of aromatic nitrogens is 4. The summed E-state index contributed by atoms with van der Waals surface area (Å²) in [4.78, 5) is 45.5. The van der Waals surface area contributed by atoms with Crippen LogP contribution in [0.15, 0.2) is 72.0 Å². The van der Waals surface area contributed by atoms with Crippen LogP contribution < -0.4 is 10.9 Å². The van der Waals surface area contributed by atoms with E-state index in [9.17, 15) is 14.4 Å². The van der Waals surface area contributed by atoms with Crippen molar-refractivity contribution >= 4 is 28.3 Å². The highest BCUT2D eigenvalue weighted by Gasteiger charge is 2.14. The van der Waals surface area contributed by atoms with Crippen LogP contribution in [0, 0.1) is 0 Å². The maximum atomic E-state index is 12.5. The number of nitrogens with one attached hydrogen (secondary N) is 1. The highest BCUT2D eigenvalue weighted by molar-refractivity contribution is 6.07. The van der Waals surface area contributed by atoms with E-state index in [0.717, 1.165) is 0 Å². The van der Waals surface area contributed by atoms with Crippen LogP contribution in [0.5, 0.6) is 0 Å². The number of imidazole rings is 1. The monoisotopic (exact) mass is 401 g/mol. The van der Waals surface area contributed by atoms with Crippen molar-refractivity contribution in [2.75, 3.05) is 5.32 Å². The molecule has 0 fully saturated rings. The maximum Gasteiger partial charge on any atom is 0.261 e. The molecule has 2 aromatic carbocycles. The summed E-state index contributed by atoms with van der Waals surface area (Å²) in [6.07, 6.45) is 4.85. The van der Waals surface area contributed by atoms with Crippen molar-refractivity contribution in [3.05, 3.63) is 89.0 Å². The molecule has 8 nitrogen and oxygen atoms in total. The Kier molecular flexibility index (Phi) is 5.21. The molecule has 4 aromatic rings. The number of carbonyl (C=O) groups is 2. The number of fused-ring (bicyclic) bond motifs is 1. The Morgan fingerprint density at radius 2 is 1.80 bits per heavy atom. The first-order valence-corrected chi connectivity index (χ1v) is 9.39. The minimum absolute atomic E-state index is 0.119. The molecular formula is C22H19N5O3. The Balaban J connectivity index is 1.39. The van der Waals surface area contributed by atoms with Crippen molar-refractivity contribution in [3.63, 3.8) is 0 Å². The normalized spacial score (nSPS) is 10.8. The van der Waals surface area contributed by atoms with E-state index in [2.05, 4.69) is 15.3 Å². The predicted octanol–water partition coefficient (Wildman–Crippen LogP) is 2.39. The van der Waals surface area contributed by atoms with Gasteiger partial charge in [0.05, 0.1) is 17.2 Å². The van der Waals surface area contributed by atoms with E-state index in [4.69, 9.17) is 0 Å². The van der Waals surface area contributed by atoms with Crippen LogP contribution in [0.3, 0.4) is 0 Å². The molecule has 4 rings (SSSR count). The summed E-state index contributed by atoms with van der Waals surface area (Å²) in [5.74, 6) is -0.0805. The highest BCUT2D eigenvalue weighted by atomic mass is 16.2. The maximum absolute atomic E-state index is 12.5. The van der Waals surface area contributed by atoms with E-state index in [-0.39, 0.29) is 30.2 Å². The lowest BCUT2D eigenvalue weighted by Gasteiger charge is -2.08. The fourth-order valence-corrected chi connectivity index (χ4v) is 3.13. The summed E-state index contributed by atoms with van der Waals surface area (Å²) in [5, 5.41) is 3.30. The lowest BCUT2D eigenvalue weighted by molar-refractivity contribution is -0.116. The SMILES string of the molecule is Cn1ccnc1C(=O)c1ccc(NC(=O)CCn2cnc3ccccc3c2=O)cc1. The number of amides is 1. The number of ketones is 1. The zero-order valence-corrected chi connectivity index (χ0v) is 16.3. The highest BCUT2D eigenvalue weighted by Crippen LogP contribution is 2.13. The van der Waals surface area contributed by atoms with Gasteiger partial charge in [-0.15, -0.1) is 0 Å². The van der Waals surface area contributed by atoms with Crippen LogP contribution in [0.4, 0.5) is 5.69 Å². The molecule has 0 saturated heterocycles. The minimum atomic E-state index is -0.238. The zero-order valence-electron chi connectivity index (χ0n) is 16.3. The quantitative estimate of drug-likeness (QED) is 0.500. The van der Waals surface area contributed by atoms with Gasteiger partial charge in [0.25, 0.3) is 5.56 Å². The third-order valence-electron chi connectivity index (χ3n) is 4.77. The van der Waals surface area contributed by atoms with E-state index in [0.29, 0.717) is 28.0 Å². The number of anilines is 1. The lowest BCUT2D eigenvalue weighted by Crippen LogP contribution is -2.23. The summed E-state index contributed by atoms with van der Waals surface area (Å²) < 4.78 is 3.08. The van der Waals surface area contributed by atoms with Crippen molar-refractivity contribution in [3.8, 4) is 0 Å². The lowest BCUT2D eigenvalue weighted by atomic mass is 10.1. The van der Waals surface area contributed by atoms with Gasteiger partial charge in [-0.3, -0.25) is 19.0 Å². The summed E-state index contributed by atoms with van der Waals surface area (Å²) in [6.45, 7) is 0.220. The molecule has 0 atom stereocenters. The first-order chi connectivity index (χ1) is 14.5. The van der Waals surface area contributed by atoms with E-state index in [1.165, 1.54) is 10.9 Å². The molecule has 0 aliphatic carbocycles. The smallest absolute Gasteiger partial charge is 0.261 e. The molecule has 0 radical (unpaired) electrons. The Hall–Kier alpha value is -4.07. The molecule has 30 heavy (non-hydrogen) atoms. The Morgan fingerprint density at radius 3 is 2.53 bits per heavy atom. The number of para-hydroxylation sites is 1. The number of benzene rings is 2. The average Bonchev–Trinajstić information content (AvgIpc) is 3.19. The second-order valence-corrected chi connectivity index (χ2v) is 6.83. The Morgan fingerprint density at radius 1 is 1.03 bits per heavy atom. The van der Waals surface area contributed by atoms with E-state index in [1.54, 1.807) is 66.5 Å². The Bertz CT molecular complexity index is 1290. The van der Waals surface area contributed by atoms with Crippen LogP contribution in [-0.2, 0) is 18.4 Å². The summed E-state index contributed by atoms with van der Waals surface area (Å²) in [5.41, 5.74) is 1.50. The number of carbonyl (C=O) groups excluding carboxylic acids is 2. The Labute approximate surface area is 171 Å². The van der Waals surface area contributed by atoms with Crippen molar-refractivity contribution in [1.29, 1.82) is 0 Å². The molecule has 1 amide bonds. The first-order valence-electron chi connectivity index (χ1n) is 9.39. The van der Waals surface area contributed by atoms with Crippen LogP contribution in [0.2, 0.25) is 0 Å². The van der Waals surface area contributed by atoms with Gasteiger partial charge in [0.2, 0.25) is 11.7 Å². The van der Waals surface area contributed by atoms with Gasteiger partial charge in [0.15, 0.2) is 5.82 Å². The summed E-state index contributed by atoms with van der Waals surface area (Å²) in [7, 11) is 1.76. The van der Waals surface area contributed by atoms with Crippen LogP contribution in [0.1, 0.15) is 22.6 Å². The second kappa shape index (κ2) is 8.12. The van der Waals surface area contributed by atoms with Crippen LogP contribution in [-0.4, -0.2) is 30.8 Å². The molecule has 2 aromatic heterocycles. The number of aryl methyl sites for hydroxylation is 2. The van der Waals surface area contributed by atoms with Gasteiger partial charge in [0.1, 0.15) is 0 Å². The van der Waals surface area contributed by atoms with Crippen molar-refractivity contribution in [2.45, 2.75) is 13.0 Å². The zero-order chi connectivity index (χ0) is 21.1. The number of hydrogen-bond donors (Lipinski definition) is 1. The van der Waals surface area contributed by atoms with Gasteiger partial charge in [-0.05, 0) is 36.4 Å². The number of rotatable bonds is 6. The van der Waals surface area contributed by atoms with E-state index >= 15 is 0 Å². The van der Waals surface area contributed by atoms with Gasteiger partial charge in [-0.2, -0.15) is 0 Å². The molecule has 2 heterocycles. The van der Waals surface area contributed by atoms with E-state index in [1.807, 2.05) is 6.07 Å². The van der Waals surface area contributed by atoms with Gasteiger partial charge in [-0.25, -0.2) is 9.97 Å². The van der Waals surface area contributed by atoms with Crippen molar-refractivity contribution in [1.82, 2.24) is 19.1 Å². The third kappa shape index (κ3) is 3.88. The molecule has 150 valence electrons. The molecule has 0 saturated carbocycles. The summed E-state index contributed by atoms with van der Waals surface area (Å²) in [6, 6.07) is 13.7. The summed E-state index contributed by atoms with van der Waals surface area (Å²) >= 11 is 0. The molecule has 8 heteroatoms. The minimum Gasteiger partial charge on any atom is -0.331 e. The molecule has 0 bridgehead atoms. The molecule has 0 spiro atoms.